The second kappa shape index (κ2) is 15.2. The molecule has 14 heteroatoms. The number of benzene rings is 3. The number of carbonyl (C=O) groups excluding carboxylic acids is 3. The summed E-state index contributed by atoms with van der Waals surface area (Å²) in [6, 6.07) is 21.0. The topological polar surface area (TPSA) is 153 Å². The molecule has 0 aliphatic rings. The highest BCUT2D eigenvalue weighted by Gasteiger charge is 2.21. The van der Waals surface area contributed by atoms with Gasteiger partial charge >= 0.3 is 12.1 Å². The number of aromatic nitrogens is 5. The zero-order valence-electron chi connectivity index (χ0n) is 25.2. The number of ether oxygens (including phenoxy) is 2. The average molecular weight is 675 g/mol. The van der Waals surface area contributed by atoms with Crippen LogP contribution < -0.4 is 10.6 Å². The number of esters is 1. The maximum atomic E-state index is 13.4. The van der Waals surface area contributed by atoms with Gasteiger partial charge in [0.2, 0.25) is 5.91 Å². The molecule has 240 valence electrons. The van der Waals surface area contributed by atoms with Gasteiger partial charge in [-0.3, -0.25) is 10.1 Å². The van der Waals surface area contributed by atoms with Gasteiger partial charge in [-0.25, -0.2) is 19.3 Å². The van der Waals surface area contributed by atoms with E-state index in [2.05, 4.69) is 30.7 Å². The second-order valence-electron chi connectivity index (χ2n) is 10.0. The number of aromatic amines is 1. The third kappa shape index (κ3) is 8.43. The minimum absolute atomic E-state index is 0.0449. The van der Waals surface area contributed by atoms with E-state index >= 15 is 0 Å². The highest BCUT2D eigenvalue weighted by Crippen LogP contribution is 2.30. The number of carbonyl (C=O) groups is 3. The summed E-state index contributed by atoms with van der Waals surface area (Å²) in [5.41, 5.74) is 3.83. The zero-order chi connectivity index (χ0) is 33.3. The van der Waals surface area contributed by atoms with Crippen LogP contribution in [-0.2, 0) is 20.7 Å². The minimum Gasteiger partial charge on any atom is -0.461 e. The number of imidazole rings is 1. The van der Waals surface area contributed by atoms with Crippen LogP contribution in [0.3, 0.4) is 0 Å². The lowest BCUT2D eigenvalue weighted by atomic mass is 10.1. The molecule has 0 aliphatic heterocycles. The molecule has 3 N–H and O–H groups in total. The van der Waals surface area contributed by atoms with Crippen molar-refractivity contribution >= 4 is 52.9 Å². The average Bonchev–Trinajstić information content (AvgIpc) is 3.72. The van der Waals surface area contributed by atoms with Crippen LogP contribution in [-0.4, -0.2) is 56.6 Å². The highest BCUT2D eigenvalue weighted by atomic mass is 35.5. The van der Waals surface area contributed by atoms with Gasteiger partial charge in [0.15, 0.2) is 5.69 Å². The fraction of sp³-hybridized carbons (Fsp3) is 0.152. The lowest BCUT2D eigenvalue weighted by Crippen LogP contribution is -2.29. The van der Waals surface area contributed by atoms with Crippen LogP contribution in [0, 0.1) is 0 Å². The first-order valence-corrected chi connectivity index (χ1v) is 15.1. The molecule has 0 radical (unpaired) electrons. The van der Waals surface area contributed by atoms with Gasteiger partial charge in [0, 0.05) is 27.9 Å². The summed E-state index contributed by atoms with van der Waals surface area (Å²) in [7, 11) is 1.28. The fourth-order valence-electron chi connectivity index (χ4n) is 4.60. The quantitative estimate of drug-likeness (QED) is 0.107. The Balaban J connectivity index is 1.39. The summed E-state index contributed by atoms with van der Waals surface area (Å²) in [4.78, 5) is 44.8. The summed E-state index contributed by atoms with van der Waals surface area (Å²) in [6.45, 7) is 1.90. The maximum Gasteiger partial charge on any atom is 0.411 e. The summed E-state index contributed by atoms with van der Waals surface area (Å²) in [6.07, 6.45) is 4.24. The Morgan fingerprint density at radius 3 is 2.53 bits per heavy atom. The SMILES string of the molecule is CCOC(=O)c1cn(-c2ccc(Cl)cc2/C=C/C(=O)N[C@@H](Cc2ccccc2)c2nc(-c3ccc(NC(=O)OC)cc3)c(Cl)[nH]2)nn1. The van der Waals surface area contributed by atoms with E-state index in [1.807, 2.05) is 30.3 Å². The number of halogens is 2. The molecular formula is C33H29Cl2N7O5. The predicted molar refractivity (Wildman–Crippen MR) is 177 cm³/mol. The van der Waals surface area contributed by atoms with Crippen LogP contribution in [0.15, 0.2) is 85.1 Å². The molecule has 2 aromatic heterocycles. The molecule has 0 spiro atoms. The molecule has 12 nitrogen and oxygen atoms in total. The molecule has 0 unspecified atom stereocenters. The number of hydrogen-bond acceptors (Lipinski definition) is 8. The maximum absolute atomic E-state index is 13.4. The molecule has 0 bridgehead atoms. The summed E-state index contributed by atoms with van der Waals surface area (Å²) in [5.74, 6) is -0.553. The highest BCUT2D eigenvalue weighted by molar-refractivity contribution is 6.32. The molecule has 2 heterocycles. The van der Waals surface area contributed by atoms with Crippen molar-refractivity contribution in [1.82, 2.24) is 30.3 Å². The van der Waals surface area contributed by atoms with Crippen molar-refractivity contribution in [1.29, 1.82) is 0 Å². The standard InChI is InChI=1S/C33H29Cl2N7O5/c1-3-47-32(44)26-19-42(41-40-26)27-15-12-23(34)18-22(27)11-16-28(43)37-25(17-20-7-5-4-6-8-20)31-38-29(30(35)39-31)21-9-13-24(14-10-21)36-33(45)46-2/h4-16,18-19,25H,3,17H2,1-2H3,(H,36,45)(H,37,43)(H,38,39)/b16-11+/t25-/m0/s1. The third-order valence-corrected chi connectivity index (χ3v) is 7.33. The van der Waals surface area contributed by atoms with E-state index < -0.39 is 24.0 Å². The van der Waals surface area contributed by atoms with Crippen LogP contribution in [0.1, 0.15) is 40.4 Å². The van der Waals surface area contributed by atoms with Crippen molar-refractivity contribution in [2.45, 2.75) is 19.4 Å². The second-order valence-corrected chi connectivity index (χ2v) is 10.8. The molecular weight excluding hydrogens is 645 g/mol. The number of rotatable bonds is 11. The predicted octanol–water partition coefficient (Wildman–Crippen LogP) is 6.43. The molecule has 5 aromatic rings. The molecule has 2 amide bonds. The van der Waals surface area contributed by atoms with E-state index in [0.29, 0.717) is 45.5 Å². The van der Waals surface area contributed by atoms with Crippen molar-refractivity contribution in [3.63, 3.8) is 0 Å². The molecule has 0 aliphatic carbocycles. The number of amides is 2. The van der Waals surface area contributed by atoms with Gasteiger partial charge in [-0.2, -0.15) is 0 Å². The smallest absolute Gasteiger partial charge is 0.411 e. The van der Waals surface area contributed by atoms with Gasteiger partial charge < -0.3 is 19.8 Å². The summed E-state index contributed by atoms with van der Waals surface area (Å²) < 4.78 is 11.0. The van der Waals surface area contributed by atoms with Gasteiger partial charge in [0.25, 0.3) is 0 Å². The number of nitrogens with zero attached hydrogens (tertiary/aromatic N) is 4. The van der Waals surface area contributed by atoms with Gasteiger partial charge in [0.05, 0.1) is 31.6 Å². The molecule has 0 saturated heterocycles. The van der Waals surface area contributed by atoms with Crippen molar-refractivity contribution in [2.24, 2.45) is 0 Å². The Kier molecular flexibility index (Phi) is 10.7. The number of H-pyrrole nitrogens is 1. The Labute approximate surface area is 279 Å². The third-order valence-electron chi connectivity index (χ3n) is 6.83. The van der Waals surface area contributed by atoms with Crippen LogP contribution in [0.4, 0.5) is 10.5 Å². The first-order chi connectivity index (χ1) is 22.7. The van der Waals surface area contributed by atoms with E-state index in [1.54, 1.807) is 55.5 Å². The molecule has 5 rings (SSSR count). The number of anilines is 1. The molecule has 1 atom stereocenters. The van der Waals surface area contributed by atoms with Crippen LogP contribution >= 0.6 is 23.2 Å². The van der Waals surface area contributed by atoms with Gasteiger partial charge in [-0.1, -0.05) is 70.9 Å². The Morgan fingerprint density at radius 1 is 1.04 bits per heavy atom. The number of nitrogens with one attached hydrogen (secondary N) is 3. The Morgan fingerprint density at radius 2 is 1.81 bits per heavy atom. The number of methoxy groups -OCH3 is 1. The lowest BCUT2D eigenvalue weighted by Gasteiger charge is -2.16. The van der Waals surface area contributed by atoms with Crippen LogP contribution in [0.2, 0.25) is 10.2 Å². The van der Waals surface area contributed by atoms with Crippen molar-refractivity contribution in [3.05, 3.63) is 118 Å². The summed E-state index contributed by atoms with van der Waals surface area (Å²) >= 11 is 12.9. The largest absolute Gasteiger partial charge is 0.461 e. The van der Waals surface area contributed by atoms with Crippen molar-refractivity contribution in [3.8, 4) is 16.9 Å². The van der Waals surface area contributed by atoms with Gasteiger partial charge in [-0.15, -0.1) is 5.10 Å². The minimum atomic E-state index is -0.595. The van der Waals surface area contributed by atoms with Gasteiger partial charge in [0.1, 0.15) is 16.7 Å². The zero-order valence-corrected chi connectivity index (χ0v) is 26.7. The van der Waals surface area contributed by atoms with Crippen molar-refractivity contribution < 1.29 is 23.9 Å². The van der Waals surface area contributed by atoms with E-state index in [-0.39, 0.29) is 17.5 Å². The van der Waals surface area contributed by atoms with E-state index in [9.17, 15) is 14.4 Å². The van der Waals surface area contributed by atoms with Crippen LogP contribution in [0.25, 0.3) is 23.0 Å². The molecule has 47 heavy (non-hydrogen) atoms. The Bertz CT molecular complexity index is 1910. The first kappa shape index (κ1) is 32.9. The van der Waals surface area contributed by atoms with Crippen LogP contribution in [0.5, 0.6) is 0 Å². The lowest BCUT2D eigenvalue weighted by molar-refractivity contribution is -0.117. The molecule has 3 aromatic carbocycles. The Hall–Kier alpha value is -5.46. The fourth-order valence-corrected chi connectivity index (χ4v) is 5.03. The van der Waals surface area contributed by atoms with E-state index in [4.69, 9.17) is 32.9 Å². The number of hydrogen-bond donors (Lipinski definition) is 3. The van der Waals surface area contributed by atoms with Crippen molar-refractivity contribution in [2.75, 3.05) is 19.0 Å². The van der Waals surface area contributed by atoms with Gasteiger partial charge in [-0.05, 0) is 55.3 Å². The molecule has 0 saturated carbocycles. The first-order valence-electron chi connectivity index (χ1n) is 14.4. The van der Waals surface area contributed by atoms with E-state index in [0.717, 1.165) is 5.56 Å². The monoisotopic (exact) mass is 673 g/mol. The summed E-state index contributed by atoms with van der Waals surface area (Å²) in [5, 5.41) is 14.3. The normalized spacial score (nSPS) is 11.7. The van der Waals surface area contributed by atoms with E-state index in [1.165, 1.54) is 24.1 Å². The molecule has 0 fully saturated rings.